The van der Waals surface area contributed by atoms with Gasteiger partial charge in [-0.05, 0) is 43.9 Å². The summed E-state index contributed by atoms with van der Waals surface area (Å²) in [5.74, 6) is -0.777. The molecule has 22 heavy (non-hydrogen) atoms. The molecule has 0 aliphatic rings. The number of nitro benzene ring substituents is 1. The first-order valence-corrected chi connectivity index (χ1v) is 6.54. The summed E-state index contributed by atoms with van der Waals surface area (Å²) in [4.78, 5) is 31.6. The summed E-state index contributed by atoms with van der Waals surface area (Å²) in [5, 5.41) is 19.5. The molecule has 1 aromatic carbocycles. The van der Waals surface area contributed by atoms with Gasteiger partial charge in [0, 0.05) is 6.42 Å². The summed E-state index contributed by atoms with van der Waals surface area (Å²) in [6.45, 7) is 1.96. The third-order valence-electron chi connectivity index (χ3n) is 2.85. The van der Waals surface area contributed by atoms with Crippen LogP contribution in [-0.2, 0) is 4.79 Å². The molecule has 1 rings (SSSR count). The molecule has 0 heterocycles. The maximum atomic E-state index is 11.0. The van der Waals surface area contributed by atoms with Gasteiger partial charge in [-0.15, -0.1) is 12.4 Å². The third kappa shape index (κ3) is 6.09. The second-order valence-electron chi connectivity index (χ2n) is 4.63. The maximum absolute atomic E-state index is 11.0. The summed E-state index contributed by atoms with van der Waals surface area (Å²) in [5.41, 5.74) is 0.352. The molecular formula is C14H18ClNO6. The molecule has 7 nitrogen and oxygen atoms in total. The van der Waals surface area contributed by atoms with Crippen LogP contribution in [0.1, 0.15) is 41.6 Å². The Hall–Kier alpha value is -2.15. The first kappa shape index (κ1) is 19.9. The minimum absolute atomic E-state index is 0. The number of hydrogen-bond donors (Lipinski definition) is 1. The lowest BCUT2D eigenvalue weighted by Crippen LogP contribution is -2.04. The SMILES string of the molecule is Cc1cc(C=O)c([N+](=O)[O-])c(OCCCCCC(=O)O)c1.Cl. The van der Waals surface area contributed by atoms with Crippen LogP contribution in [-0.4, -0.2) is 28.9 Å². The highest BCUT2D eigenvalue weighted by molar-refractivity contribution is 5.85. The molecule has 0 aromatic heterocycles. The zero-order valence-corrected chi connectivity index (χ0v) is 12.9. The number of rotatable bonds is 9. The summed E-state index contributed by atoms with van der Waals surface area (Å²) in [7, 11) is 0. The number of unbranched alkanes of at least 4 members (excludes halogenated alkanes) is 2. The summed E-state index contributed by atoms with van der Waals surface area (Å²) >= 11 is 0. The standard InChI is InChI=1S/C14H17NO6.ClH/c1-10-7-11(9-16)14(15(19)20)12(8-10)21-6-4-2-3-5-13(17)18;/h7-9H,2-6H2,1H3,(H,17,18);1H. The number of aryl methyl sites for hydroxylation is 1. The molecule has 8 heteroatoms. The number of aldehydes is 1. The van der Waals surface area contributed by atoms with Gasteiger partial charge in [0.1, 0.15) is 0 Å². The molecule has 0 radical (unpaired) electrons. The molecule has 0 saturated heterocycles. The number of nitrogens with zero attached hydrogens (tertiary/aromatic N) is 1. The molecule has 0 amide bonds. The van der Waals surface area contributed by atoms with E-state index in [2.05, 4.69) is 0 Å². The fourth-order valence-electron chi connectivity index (χ4n) is 1.91. The number of carbonyl (C=O) groups is 2. The smallest absolute Gasteiger partial charge is 0.321 e. The number of ether oxygens (including phenoxy) is 1. The van der Waals surface area contributed by atoms with E-state index in [1.165, 1.54) is 12.1 Å². The first-order valence-electron chi connectivity index (χ1n) is 6.54. The molecule has 0 aliphatic heterocycles. The molecule has 1 N–H and O–H groups in total. The molecule has 1 aromatic rings. The fraction of sp³-hybridized carbons (Fsp3) is 0.429. The van der Waals surface area contributed by atoms with Crippen LogP contribution >= 0.6 is 12.4 Å². The van der Waals surface area contributed by atoms with Gasteiger partial charge in [-0.1, -0.05) is 0 Å². The van der Waals surface area contributed by atoms with Crippen LogP contribution < -0.4 is 4.74 Å². The number of aliphatic carboxylic acids is 1. The highest BCUT2D eigenvalue weighted by atomic mass is 35.5. The van der Waals surface area contributed by atoms with Gasteiger partial charge in [0.2, 0.25) is 0 Å². The van der Waals surface area contributed by atoms with Crippen LogP contribution in [0.5, 0.6) is 5.75 Å². The molecule has 0 aliphatic carbocycles. The first-order chi connectivity index (χ1) is 9.95. The Morgan fingerprint density at radius 1 is 1.36 bits per heavy atom. The average molecular weight is 332 g/mol. The summed E-state index contributed by atoms with van der Waals surface area (Å²) < 4.78 is 5.38. The van der Waals surface area contributed by atoms with E-state index < -0.39 is 10.9 Å². The highest BCUT2D eigenvalue weighted by Crippen LogP contribution is 2.31. The number of carbonyl (C=O) groups excluding carboxylic acids is 1. The summed E-state index contributed by atoms with van der Waals surface area (Å²) in [6.07, 6.45) is 2.32. The molecular weight excluding hydrogens is 314 g/mol. The monoisotopic (exact) mass is 331 g/mol. The molecule has 0 saturated carbocycles. The Morgan fingerprint density at radius 3 is 2.59 bits per heavy atom. The predicted octanol–water partition coefficient (Wildman–Crippen LogP) is 3.16. The van der Waals surface area contributed by atoms with Crippen molar-refractivity contribution >= 4 is 30.3 Å². The van der Waals surface area contributed by atoms with E-state index in [1.54, 1.807) is 6.92 Å². The van der Waals surface area contributed by atoms with Gasteiger partial charge in [-0.3, -0.25) is 19.7 Å². The normalized spacial score (nSPS) is 9.68. The van der Waals surface area contributed by atoms with Crippen molar-refractivity contribution in [3.8, 4) is 5.75 Å². The maximum Gasteiger partial charge on any atom is 0.321 e. The van der Waals surface area contributed by atoms with E-state index >= 15 is 0 Å². The van der Waals surface area contributed by atoms with Crippen LogP contribution in [0, 0.1) is 17.0 Å². The Labute approximate surface area is 133 Å². The minimum Gasteiger partial charge on any atom is -0.487 e. The van der Waals surface area contributed by atoms with Crippen LogP contribution in [0.4, 0.5) is 5.69 Å². The Morgan fingerprint density at radius 2 is 2.05 bits per heavy atom. The van der Waals surface area contributed by atoms with Crippen LogP contribution in [0.2, 0.25) is 0 Å². The Bertz CT molecular complexity index is 546. The van der Waals surface area contributed by atoms with E-state index in [4.69, 9.17) is 9.84 Å². The lowest BCUT2D eigenvalue weighted by Gasteiger charge is -2.09. The van der Waals surface area contributed by atoms with E-state index in [1.807, 2.05) is 0 Å². The number of carboxylic acid groups (broad SMARTS) is 1. The average Bonchev–Trinajstić information content (AvgIpc) is 2.41. The molecule has 0 unspecified atom stereocenters. The number of carboxylic acids is 1. The van der Waals surface area contributed by atoms with Gasteiger partial charge in [0.25, 0.3) is 0 Å². The molecule has 0 spiro atoms. The van der Waals surface area contributed by atoms with Crippen molar-refractivity contribution in [3.63, 3.8) is 0 Å². The zero-order valence-electron chi connectivity index (χ0n) is 12.1. The minimum atomic E-state index is -0.846. The van der Waals surface area contributed by atoms with E-state index in [9.17, 15) is 19.7 Å². The van der Waals surface area contributed by atoms with Crippen molar-refractivity contribution in [2.24, 2.45) is 0 Å². The van der Waals surface area contributed by atoms with Crippen molar-refractivity contribution in [2.45, 2.75) is 32.6 Å². The number of hydrogen-bond acceptors (Lipinski definition) is 5. The molecule has 122 valence electrons. The number of halogens is 1. The highest BCUT2D eigenvalue weighted by Gasteiger charge is 2.21. The Balaban J connectivity index is 0.00000441. The van der Waals surface area contributed by atoms with Crippen molar-refractivity contribution in [3.05, 3.63) is 33.4 Å². The predicted molar refractivity (Wildman–Crippen MR) is 82.1 cm³/mol. The fourth-order valence-corrected chi connectivity index (χ4v) is 1.91. The van der Waals surface area contributed by atoms with Gasteiger partial charge < -0.3 is 9.84 Å². The van der Waals surface area contributed by atoms with Crippen molar-refractivity contribution in [2.75, 3.05) is 6.61 Å². The zero-order chi connectivity index (χ0) is 15.8. The number of nitro groups is 1. The van der Waals surface area contributed by atoms with Gasteiger partial charge in [0.05, 0.1) is 17.1 Å². The number of benzene rings is 1. The van der Waals surface area contributed by atoms with Crippen LogP contribution in [0.3, 0.4) is 0 Å². The van der Waals surface area contributed by atoms with Crippen molar-refractivity contribution < 1.29 is 24.4 Å². The topological polar surface area (TPSA) is 107 Å². The lowest BCUT2D eigenvalue weighted by atomic mass is 10.1. The van der Waals surface area contributed by atoms with E-state index in [0.29, 0.717) is 31.1 Å². The van der Waals surface area contributed by atoms with Gasteiger partial charge in [-0.25, -0.2) is 0 Å². The van der Waals surface area contributed by atoms with Crippen molar-refractivity contribution in [1.82, 2.24) is 0 Å². The van der Waals surface area contributed by atoms with Gasteiger partial charge in [-0.2, -0.15) is 0 Å². The van der Waals surface area contributed by atoms with E-state index in [-0.39, 0.29) is 42.4 Å². The van der Waals surface area contributed by atoms with Gasteiger partial charge >= 0.3 is 11.7 Å². The van der Waals surface area contributed by atoms with E-state index in [0.717, 1.165) is 0 Å². The van der Waals surface area contributed by atoms with Crippen LogP contribution in [0.25, 0.3) is 0 Å². The lowest BCUT2D eigenvalue weighted by molar-refractivity contribution is -0.386. The second-order valence-corrected chi connectivity index (χ2v) is 4.63. The van der Waals surface area contributed by atoms with Crippen molar-refractivity contribution in [1.29, 1.82) is 0 Å². The van der Waals surface area contributed by atoms with Crippen LogP contribution in [0.15, 0.2) is 12.1 Å². The molecule has 0 atom stereocenters. The third-order valence-corrected chi connectivity index (χ3v) is 2.85. The molecule has 0 fully saturated rings. The summed E-state index contributed by atoms with van der Waals surface area (Å²) in [6, 6.07) is 2.95. The largest absolute Gasteiger partial charge is 0.487 e. The second kappa shape index (κ2) is 9.73. The molecule has 0 bridgehead atoms. The quantitative estimate of drug-likeness (QED) is 0.322. The Kier molecular flexibility index (Phi) is 8.78. The van der Waals surface area contributed by atoms with Gasteiger partial charge in [0.15, 0.2) is 12.0 Å².